The zero-order valence-corrected chi connectivity index (χ0v) is 20.0. The minimum Gasteiger partial charge on any atom is -0.462 e. The molecule has 2 aliphatic rings. The minimum atomic E-state index is -0.705. The summed E-state index contributed by atoms with van der Waals surface area (Å²) in [5, 5.41) is 11.9. The monoisotopic (exact) mass is 455 g/mol. The van der Waals surface area contributed by atoms with E-state index in [0.29, 0.717) is 33.8 Å². The molecular weight excluding hydrogens is 422 g/mol. The molecule has 3 rings (SSSR count). The van der Waals surface area contributed by atoms with E-state index in [-0.39, 0.29) is 24.3 Å². The smallest absolute Gasteiger partial charge is 0.336 e. The third-order valence-corrected chi connectivity index (χ3v) is 5.99. The third kappa shape index (κ3) is 5.68. The molecule has 1 N–H and O–H groups in total. The zero-order valence-electron chi connectivity index (χ0n) is 20.0. The molecule has 0 amide bonds. The zero-order chi connectivity index (χ0) is 24.1. The number of carbonyl (C=O) groups is 1. The number of hydrogen-bond acceptors (Lipinski definition) is 7. The average Bonchev–Trinajstić information content (AvgIpc) is 3.29. The van der Waals surface area contributed by atoms with Gasteiger partial charge in [0.25, 0.3) is 5.69 Å². The minimum absolute atomic E-state index is 0.0545. The predicted molar refractivity (Wildman–Crippen MR) is 127 cm³/mol. The van der Waals surface area contributed by atoms with Crippen LogP contribution < -0.4 is 5.48 Å². The van der Waals surface area contributed by atoms with E-state index in [1.165, 1.54) is 6.07 Å². The fraction of sp³-hybridized carbons (Fsp3) is 0.520. The number of para-hydroxylation sites is 1. The lowest BCUT2D eigenvalue weighted by Crippen LogP contribution is -2.29. The number of nitro benzene ring substituents is 1. The Hall–Kier alpha value is -3.00. The van der Waals surface area contributed by atoms with Crippen molar-refractivity contribution in [3.63, 3.8) is 0 Å². The number of rotatable bonds is 8. The Balaban J connectivity index is 2.11. The molecule has 1 atom stereocenters. The topological polar surface area (TPSA) is 103 Å². The standard InChI is InChI=1S/C25H33N3O5/c1-15(2)14-32-25(29)23-17(4)26-16(3)22(18(5)27-33-19-10-6-7-11-19)24(23)20-12-8-9-13-21(20)28(30)31/h8-9,12-13,15,19,24,27H,6-7,10-11,14H2,1-5H3. The molecule has 1 saturated carbocycles. The summed E-state index contributed by atoms with van der Waals surface area (Å²) in [6.07, 6.45) is 4.37. The first-order valence-electron chi connectivity index (χ1n) is 11.5. The van der Waals surface area contributed by atoms with Crippen molar-refractivity contribution in [1.82, 2.24) is 5.48 Å². The highest BCUT2D eigenvalue weighted by Crippen LogP contribution is 2.43. The lowest BCUT2D eigenvalue weighted by molar-refractivity contribution is -0.385. The average molecular weight is 456 g/mol. The predicted octanol–water partition coefficient (Wildman–Crippen LogP) is 5.36. The third-order valence-electron chi connectivity index (χ3n) is 5.99. The Morgan fingerprint density at radius 3 is 2.55 bits per heavy atom. The second-order valence-corrected chi connectivity index (χ2v) is 9.10. The van der Waals surface area contributed by atoms with Gasteiger partial charge in [-0.05, 0) is 39.5 Å². The van der Waals surface area contributed by atoms with E-state index in [9.17, 15) is 14.9 Å². The molecule has 1 heterocycles. The number of nitrogens with zero attached hydrogens (tertiary/aromatic N) is 2. The van der Waals surface area contributed by atoms with Gasteiger partial charge in [0.2, 0.25) is 0 Å². The molecule has 1 aromatic rings. The molecule has 0 saturated heterocycles. The van der Waals surface area contributed by atoms with Crippen LogP contribution in [0.4, 0.5) is 5.69 Å². The van der Waals surface area contributed by atoms with Crippen molar-refractivity contribution in [2.45, 2.75) is 72.3 Å². The summed E-state index contributed by atoms with van der Waals surface area (Å²) in [4.78, 5) is 35.2. The van der Waals surface area contributed by atoms with E-state index in [0.717, 1.165) is 25.7 Å². The molecule has 1 aliphatic heterocycles. The van der Waals surface area contributed by atoms with Crippen LogP contribution in [0.3, 0.4) is 0 Å². The number of hydroxylamine groups is 1. The summed E-state index contributed by atoms with van der Waals surface area (Å²) in [5.41, 5.74) is 6.26. The van der Waals surface area contributed by atoms with Crippen molar-refractivity contribution < 1.29 is 19.3 Å². The molecule has 8 heteroatoms. The highest BCUT2D eigenvalue weighted by Gasteiger charge is 2.38. The van der Waals surface area contributed by atoms with E-state index >= 15 is 0 Å². The fourth-order valence-electron chi connectivity index (χ4n) is 4.45. The van der Waals surface area contributed by atoms with Gasteiger partial charge >= 0.3 is 5.97 Å². The number of benzene rings is 1. The number of allylic oxidation sites excluding steroid dienone is 3. The van der Waals surface area contributed by atoms with Gasteiger partial charge < -0.3 is 4.74 Å². The molecule has 33 heavy (non-hydrogen) atoms. The summed E-state index contributed by atoms with van der Waals surface area (Å²) >= 11 is 0. The molecule has 178 valence electrons. The van der Waals surface area contributed by atoms with Crippen LogP contribution >= 0.6 is 0 Å². The van der Waals surface area contributed by atoms with Crippen molar-refractivity contribution in [2.75, 3.05) is 6.61 Å². The van der Waals surface area contributed by atoms with Crippen molar-refractivity contribution >= 4 is 17.4 Å². The van der Waals surface area contributed by atoms with E-state index in [1.54, 1.807) is 25.1 Å². The van der Waals surface area contributed by atoms with Gasteiger partial charge in [0.05, 0.1) is 29.1 Å². The Morgan fingerprint density at radius 2 is 1.91 bits per heavy atom. The quantitative estimate of drug-likeness (QED) is 0.321. The Kier molecular flexibility index (Phi) is 8.02. The Morgan fingerprint density at radius 1 is 1.24 bits per heavy atom. The van der Waals surface area contributed by atoms with Crippen LogP contribution in [0.25, 0.3) is 0 Å². The summed E-state index contributed by atoms with van der Waals surface area (Å²) < 4.78 is 5.56. The van der Waals surface area contributed by atoms with E-state index in [1.807, 2.05) is 27.7 Å². The molecule has 0 spiro atoms. The first kappa shape index (κ1) is 24.6. The SMILES string of the molecule is CC1=NC(C)=C(C(=O)OCC(C)C)C(c2ccccc2[N+](=O)[O-])C1=C(C)NOC1CCCC1. The van der Waals surface area contributed by atoms with E-state index in [4.69, 9.17) is 9.57 Å². The van der Waals surface area contributed by atoms with E-state index < -0.39 is 16.8 Å². The van der Waals surface area contributed by atoms with Gasteiger partial charge in [-0.15, -0.1) is 0 Å². The first-order chi connectivity index (χ1) is 15.7. The summed E-state index contributed by atoms with van der Waals surface area (Å²) in [5.74, 6) is -1.06. The molecule has 0 bridgehead atoms. The number of nitrogens with one attached hydrogen (secondary N) is 1. The number of aliphatic imine (C=N–C) groups is 1. The summed E-state index contributed by atoms with van der Waals surface area (Å²) in [6, 6.07) is 6.51. The van der Waals surface area contributed by atoms with Crippen LogP contribution in [0, 0.1) is 16.0 Å². The first-order valence-corrected chi connectivity index (χ1v) is 11.5. The van der Waals surface area contributed by atoms with E-state index in [2.05, 4.69) is 10.5 Å². The maximum atomic E-state index is 13.2. The van der Waals surface area contributed by atoms with Crippen LogP contribution in [0.5, 0.6) is 0 Å². The van der Waals surface area contributed by atoms with Crippen molar-refractivity contribution in [3.8, 4) is 0 Å². The van der Waals surface area contributed by atoms with Crippen LogP contribution in [-0.4, -0.2) is 29.3 Å². The molecular formula is C25H33N3O5. The fourth-order valence-corrected chi connectivity index (χ4v) is 4.45. The lowest BCUT2D eigenvalue weighted by atomic mass is 9.78. The summed E-state index contributed by atoms with van der Waals surface area (Å²) in [6.45, 7) is 9.60. The van der Waals surface area contributed by atoms with Crippen molar-refractivity contribution in [2.24, 2.45) is 10.9 Å². The molecule has 0 radical (unpaired) electrons. The maximum absolute atomic E-state index is 13.2. The van der Waals surface area contributed by atoms with Gasteiger partial charge in [0.15, 0.2) is 0 Å². The van der Waals surface area contributed by atoms with Gasteiger partial charge in [-0.1, -0.05) is 44.9 Å². The van der Waals surface area contributed by atoms with Gasteiger partial charge in [0, 0.05) is 34.3 Å². The van der Waals surface area contributed by atoms with Gasteiger partial charge in [0.1, 0.15) is 0 Å². The molecule has 1 unspecified atom stereocenters. The number of ether oxygens (including phenoxy) is 1. The van der Waals surface area contributed by atoms with Crippen molar-refractivity contribution in [3.05, 3.63) is 62.5 Å². The number of nitro groups is 1. The van der Waals surface area contributed by atoms with Gasteiger partial charge in [-0.3, -0.25) is 25.4 Å². The van der Waals surface area contributed by atoms with Gasteiger partial charge in [-0.2, -0.15) is 0 Å². The highest BCUT2D eigenvalue weighted by atomic mass is 16.7. The maximum Gasteiger partial charge on any atom is 0.336 e. The van der Waals surface area contributed by atoms with Crippen molar-refractivity contribution in [1.29, 1.82) is 0 Å². The molecule has 1 aromatic carbocycles. The van der Waals surface area contributed by atoms with Gasteiger partial charge in [-0.25, -0.2) is 4.79 Å². The molecule has 1 aliphatic carbocycles. The molecule has 8 nitrogen and oxygen atoms in total. The second kappa shape index (κ2) is 10.7. The molecule has 0 aromatic heterocycles. The largest absolute Gasteiger partial charge is 0.462 e. The van der Waals surface area contributed by atoms with Crippen LogP contribution in [0.15, 0.2) is 51.8 Å². The van der Waals surface area contributed by atoms with Crippen LogP contribution in [0.1, 0.15) is 71.8 Å². The normalized spacial score (nSPS) is 20.7. The second-order valence-electron chi connectivity index (χ2n) is 9.10. The van der Waals surface area contributed by atoms with Crippen LogP contribution in [0.2, 0.25) is 0 Å². The number of carbonyl (C=O) groups excluding carboxylic acids is 1. The number of esters is 1. The lowest BCUT2D eigenvalue weighted by Gasteiger charge is -2.30. The summed E-state index contributed by atoms with van der Waals surface area (Å²) in [7, 11) is 0. The number of hydrogen-bond donors (Lipinski definition) is 1. The highest BCUT2D eigenvalue weighted by molar-refractivity contribution is 6.07. The molecule has 1 fully saturated rings. The van der Waals surface area contributed by atoms with Crippen LogP contribution in [-0.2, 0) is 14.4 Å². The Bertz CT molecular complexity index is 1000. The Labute approximate surface area is 194 Å².